The van der Waals surface area contributed by atoms with Crippen LogP contribution in [0.1, 0.15) is 5.69 Å². The van der Waals surface area contributed by atoms with Gasteiger partial charge in [0, 0.05) is 29.8 Å². The average molecular weight is 482 g/mol. The van der Waals surface area contributed by atoms with E-state index in [1.807, 2.05) is 0 Å². The van der Waals surface area contributed by atoms with E-state index >= 15 is 0 Å². The number of benzene rings is 2. The van der Waals surface area contributed by atoms with Crippen LogP contribution in [-0.2, 0) is 0 Å². The number of nitrogens with one attached hydrogen (secondary N) is 2. The van der Waals surface area contributed by atoms with Gasteiger partial charge in [0.15, 0.2) is 11.6 Å². The zero-order valence-electron chi connectivity index (χ0n) is 17.0. The molecule has 172 valence electrons. The molecule has 0 unspecified atom stereocenters. The first-order chi connectivity index (χ1) is 15.6. The third-order valence-electron chi connectivity index (χ3n) is 4.72. The number of ether oxygens (including phenoxy) is 1. The second kappa shape index (κ2) is 8.81. The highest BCUT2D eigenvalue weighted by Gasteiger charge is 2.27. The van der Waals surface area contributed by atoms with Crippen LogP contribution in [0.5, 0.6) is 11.5 Å². The van der Waals surface area contributed by atoms with Gasteiger partial charge >= 0.3 is 11.8 Å². The molecule has 2 aromatic carbocycles. The number of alkyl halides is 3. The number of H-pyrrole nitrogens is 1. The Bertz CT molecular complexity index is 1320. The summed E-state index contributed by atoms with van der Waals surface area (Å²) in [5, 5.41) is 10.9. The lowest BCUT2D eigenvalue weighted by atomic mass is 10.0. The molecule has 0 amide bonds. The summed E-state index contributed by atoms with van der Waals surface area (Å²) in [6, 6.07) is 10.8. The Balaban J connectivity index is 1.80. The summed E-state index contributed by atoms with van der Waals surface area (Å²) in [7, 11) is 0. The molecule has 11 heteroatoms. The van der Waals surface area contributed by atoms with E-state index < -0.39 is 23.6 Å². The summed E-state index contributed by atoms with van der Waals surface area (Å²) < 4.78 is 74.4. The van der Waals surface area contributed by atoms with Crippen molar-refractivity contribution in [3.8, 4) is 22.6 Å². The molecule has 0 atom stereocenters. The third-order valence-corrected chi connectivity index (χ3v) is 5.58. The third kappa shape index (κ3) is 4.98. The highest BCUT2D eigenvalue weighted by Crippen LogP contribution is 2.40. The predicted molar refractivity (Wildman–Crippen MR) is 114 cm³/mol. The van der Waals surface area contributed by atoms with E-state index in [4.69, 9.17) is 4.74 Å². The minimum atomic E-state index is -4.34. The van der Waals surface area contributed by atoms with Crippen LogP contribution < -0.4 is 14.2 Å². The van der Waals surface area contributed by atoms with Crippen molar-refractivity contribution in [2.75, 3.05) is 10.5 Å². The van der Waals surface area contributed by atoms with E-state index in [0.29, 0.717) is 51.6 Å². The highest BCUT2D eigenvalue weighted by atomic mass is 32.2. The maximum absolute atomic E-state index is 14.2. The Hall–Kier alpha value is -3.47. The van der Waals surface area contributed by atoms with Crippen LogP contribution in [-0.4, -0.2) is 22.1 Å². The van der Waals surface area contributed by atoms with Gasteiger partial charge in [0.2, 0.25) is 0 Å². The molecule has 0 saturated heterocycles. The Morgan fingerprint density at radius 3 is 2.52 bits per heavy atom. The molecule has 4 rings (SSSR count). The van der Waals surface area contributed by atoms with Gasteiger partial charge in [0.1, 0.15) is 23.0 Å². The minimum Gasteiger partial charge on any atom is -0.454 e. The molecule has 0 aliphatic heterocycles. The Kier molecular flexibility index (Phi) is 6.07. The van der Waals surface area contributed by atoms with Crippen LogP contribution in [0.25, 0.3) is 22.2 Å². The van der Waals surface area contributed by atoms with Crippen LogP contribution in [0.4, 0.5) is 27.6 Å². The number of nitrogens with zero attached hydrogens (tertiary/aromatic N) is 1. The fourth-order valence-corrected chi connectivity index (χ4v) is 3.80. The number of hydrogen-bond acceptors (Lipinski definition) is 4. The van der Waals surface area contributed by atoms with Crippen LogP contribution in [0.2, 0.25) is 0 Å². The smallest absolute Gasteiger partial charge is 0.399 e. The van der Waals surface area contributed by atoms with Crippen molar-refractivity contribution in [2.24, 2.45) is 0 Å². The normalized spacial score (nSPS) is 11.7. The molecule has 0 radical (unpaired) electrons. The quantitative estimate of drug-likeness (QED) is 0.130. The maximum atomic E-state index is 14.2. The molecule has 2 heterocycles. The van der Waals surface area contributed by atoms with Gasteiger partial charge in [-0.1, -0.05) is 0 Å². The second-order valence-electron chi connectivity index (χ2n) is 7.14. The summed E-state index contributed by atoms with van der Waals surface area (Å²) in [5.41, 5.74) is 2.20. The molecule has 5 nitrogen and oxygen atoms in total. The van der Waals surface area contributed by atoms with Crippen molar-refractivity contribution in [1.82, 2.24) is 4.98 Å². The summed E-state index contributed by atoms with van der Waals surface area (Å²) in [5.74, 6) is -2.81. The number of rotatable bonds is 6. The van der Waals surface area contributed by atoms with E-state index in [-0.39, 0.29) is 11.5 Å². The number of hydrogen-bond donors (Lipinski definition) is 3. The van der Waals surface area contributed by atoms with Crippen molar-refractivity contribution >= 4 is 28.7 Å². The Labute approximate surface area is 188 Å². The van der Waals surface area contributed by atoms with E-state index in [1.54, 1.807) is 31.3 Å². The van der Waals surface area contributed by atoms with Crippen LogP contribution in [0.3, 0.4) is 0 Å². The zero-order valence-corrected chi connectivity index (χ0v) is 17.8. The number of halogens is 5. The number of aryl methyl sites for hydroxylation is 1. The van der Waals surface area contributed by atoms with Gasteiger partial charge in [-0.2, -0.15) is 13.2 Å². The molecule has 0 saturated carbocycles. The van der Waals surface area contributed by atoms with Crippen LogP contribution in [0.15, 0.2) is 54.7 Å². The largest absolute Gasteiger partial charge is 0.454 e. The van der Waals surface area contributed by atoms with Gasteiger partial charge in [-0.3, -0.25) is 0 Å². The van der Waals surface area contributed by atoms with Crippen LogP contribution in [0, 0.1) is 18.6 Å². The SMILES string of the molecule is Cc1cc(-c2cc(NSCC(F)(F)F)ccc2Oc2ccc(F)cc2F)c2cc[nH]c2[n+]1O. The molecule has 0 spiro atoms. The summed E-state index contributed by atoms with van der Waals surface area (Å²) in [6.07, 6.45) is -2.73. The fraction of sp³-hybridized carbons (Fsp3) is 0.136. The standard InChI is InChI=1S/C22H16F5N3O2S/c1-12-8-16(15-6-7-28-21(15)30(12)31)17-10-14(29-33-11-22(25,26)27)3-5-19(17)32-20-4-2-13(23)9-18(20)24/h2-10,29,31H,11H2,1H3/p+1. The van der Waals surface area contributed by atoms with E-state index in [2.05, 4.69) is 9.71 Å². The molecule has 0 aliphatic rings. The number of aromatic nitrogens is 2. The first kappa shape index (κ1) is 22.7. The van der Waals surface area contributed by atoms with E-state index in [1.165, 1.54) is 12.1 Å². The Morgan fingerprint density at radius 1 is 1.03 bits per heavy atom. The Morgan fingerprint density at radius 2 is 1.79 bits per heavy atom. The summed E-state index contributed by atoms with van der Waals surface area (Å²) in [4.78, 5) is 2.91. The highest BCUT2D eigenvalue weighted by molar-refractivity contribution is 8.00. The average Bonchev–Trinajstić information content (AvgIpc) is 3.23. The topological polar surface area (TPSA) is 61.2 Å². The summed E-state index contributed by atoms with van der Waals surface area (Å²) >= 11 is 0.474. The molecule has 0 bridgehead atoms. The van der Waals surface area contributed by atoms with Gasteiger partial charge in [0.25, 0.3) is 0 Å². The summed E-state index contributed by atoms with van der Waals surface area (Å²) in [6.45, 7) is 1.66. The van der Waals surface area contributed by atoms with Gasteiger partial charge in [-0.15, -0.1) is 0 Å². The maximum Gasteiger partial charge on any atom is 0.399 e. The molecule has 3 N–H and O–H groups in total. The first-order valence-electron chi connectivity index (χ1n) is 9.56. The molecule has 4 aromatic rings. The molecule has 0 aliphatic carbocycles. The molecule has 2 aromatic heterocycles. The number of anilines is 1. The first-order valence-corrected chi connectivity index (χ1v) is 10.5. The zero-order chi connectivity index (χ0) is 23.8. The van der Waals surface area contributed by atoms with E-state index in [0.717, 1.165) is 16.9 Å². The van der Waals surface area contributed by atoms with Crippen molar-refractivity contribution in [3.05, 3.63) is 72.1 Å². The van der Waals surface area contributed by atoms with E-state index in [9.17, 15) is 27.2 Å². The van der Waals surface area contributed by atoms with Crippen molar-refractivity contribution in [2.45, 2.75) is 13.1 Å². The number of pyridine rings is 1. The van der Waals surface area contributed by atoms with Crippen molar-refractivity contribution < 1.29 is 36.6 Å². The lowest BCUT2D eigenvalue weighted by molar-refractivity contribution is -0.889. The lowest BCUT2D eigenvalue weighted by Crippen LogP contribution is -2.34. The number of fused-ring (bicyclic) bond motifs is 1. The number of aromatic amines is 1. The van der Waals surface area contributed by atoms with Crippen molar-refractivity contribution in [3.63, 3.8) is 0 Å². The predicted octanol–water partition coefficient (Wildman–Crippen LogP) is 6.36. The van der Waals surface area contributed by atoms with Crippen molar-refractivity contribution in [1.29, 1.82) is 0 Å². The van der Waals surface area contributed by atoms with Gasteiger partial charge in [-0.25, -0.2) is 13.8 Å². The van der Waals surface area contributed by atoms with Gasteiger partial charge < -0.3 is 14.7 Å². The minimum absolute atomic E-state index is 0.185. The van der Waals surface area contributed by atoms with Gasteiger partial charge in [-0.05, 0) is 59.1 Å². The second-order valence-corrected chi connectivity index (χ2v) is 7.93. The molecular formula is C22H17F5N3O2S+. The monoisotopic (exact) mass is 482 g/mol. The molecule has 0 fully saturated rings. The van der Waals surface area contributed by atoms with Crippen LogP contribution >= 0.6 is 11.9 Å². The molecule has 33 heavy (non-hydrogen) atoms. The lowest BCUT2D eigenvalue weighted by Gasteiger charge is -2.15. The molecular weight excluding hydrogens is 465 g/mol. The van der Waals surface area contributed by atoms with Gasteiger partial charge in [0.05, 0.1) is 11.6 Å². The fourth-order valence-electron chi connectivity index (χ4n) is 3.27.